The Labute approximate surface area is 109 Å². The van der Waals surface area contributed by atoms with Crippen LogP contribution in [0.15, 0.2) is 30.3 Å². The highest BCUT2D eigenvalue weighted by Gasteiger charge is 2.66. The molecular weight excluding hydrogens is 260 g/mol. The molecule has 1 nitrogen and oxygen atoms in total. The van der Waals surface area contributed by atoms with E-state index in [1.165, 1.54) is 0 Å². The van der Waals surface area contributed by atoms with Crippen LogP contribution in [0, 0.1) is 5.92 Å². The average molecular weight is 276 g/mol. The molecule has 1 aromatic carbocycles. The molecule has 0 aromatic heterocycles. The largest absolute Gasteiger partial charge is 0.371 e. The Morgan fingerprint density at radius 2 is 1.74 bits per heavy atom. The molecule has 1 heterocycles. The lowest BCUT2D eigenvalue weighted by molar-refractivity contribution is -0.319. The summed E-state index contributed by atoms with van der Waals surface area (Å²) < 4.78 is 59.4. The first-order valence-electron chi connectivity index (χ1n) is 6.27. The molecule has 0 amide bonds. The predicted molar refractivity (Wildman–Crippen MR) is 63.6 cm³/mol. The van der Waals surface area contributed by atoms with Gasteiger partial charge in [0.2, 0.25) is 0 Å². The van der Waals surface area contributed by atoms with Gasteiger partial charge in [0.15, 0.2) is 0 Å². The number of alkyl halides is 4. The van der Waals surface area contributed by atoms with Crippen LogP contribution in [-0.2, 0) is 11.2 Å². The average Bonchev–Trinajstić information content (AvgIpc) is 2.37. The number of rotatable bonds is 3. The van der Waals surface area contributed by atoms with E-state index in [1.807, 2.05) is 6.07 Å². The van der Waals surface area contributed by atoms with Crippen molar-refractivity contribution in [3.05, 3.63) is 35.9 Å². The smallest absolute Gasteiger partial charge is 0.335 e. The Morgan fingerprint density at radius 1 is 1.11 bits per heavy atom. The van der Waals surface area contributed by atoms with E-state index in [-0.39, 0.29) is 13.0 Å². The number of aryl methyl sites for hydroxylation is 1. The normalized spacial score (nSPS) is 29.1. The molecule has 1 saturated heterocycles. The van der Waals surface area contributed by atoms with E-state index in [0.717, 1.165) is 12.5 Å². The van der Waals surface area contributed by atoms with Crippen molar-refractivity contribution in [3.63, 3.8) is 0 Å². The lowest BCUT2D eigenvalue weighted by Gasteiger charge is -2.41. The molecule has 1 aliphatic rings. The first kappa shape index (κ1) is 14.3. The summed E-state index contributed by atoms with van der Waals surface area (Å²) >= 11 is 0. The highest BCUT2D eigenvalue weighted by atomic mass is 19.3. The van der Waals surface area contributed by atoms with Crippen LogP contribution in [0.25, 0.3) is 0 Å². The van der Waals surface area contributed by atoms with Crippen molar-refractivity contribution in [1.29, 1.82) is 0 Å². The summed E-state index contributed by atoms with van der Waals surface area (Å²) in [7, 11) is 0. The van der Waals surface area contributed by atoms with Crippen molar-refractivity contribution in [1.82, 2.24) is 0 Å². The van der Waals surface area contributed by atoms with Crippen LogP contribution in [0.2, 0.25) is 0 Å². The fraction of sp³-hybridized carbons (Fsp3) is 0.571. The molecule has 1 aliphatic heterocycles. The van der Waals surface area contributed by atoms with Crippen molar-refractivity contribution in [2.24, 2.45) is 5.92 Å². The quantitative estimate of drug-likeness (QED) is 0.760. The first-order chi connectivity index (χ1) is 8.85. The molecule has 5 heteroatoms. The third-order valence-electron chi connectivity index (χ3n) is 3.55. The molecule has 0 saturated carbocycles. The minimum absolute atomic E-state index is 0.112. The van der Waals surface area contributed by atoms with Gasteiger partial charge < -0.3 is 4.74 Å². The maximum atomic E-state index is 13.7. The highest BCUT2D eigenvalue weighted by molar-refractivity contribution is 5.15. The Balaban J connectivity index is 2.05. The maximum Gasteiger partial charge on any atom is 0.335 e. The van der Waals surface area contributed by atoms with Gasteiger partial charge in [0, 0.05) is 5.92 Å². The van der Waals surface area contributed by atoms with Crippen molar-refractivity contribution < 1.29 is 22.3 Å². The van der Waals surface area contributed by atoms with Gasteiger partial charge in [0.05, 0.1) is 6.61 Å². The number of hydrogen-bond donors (Lipinski definition) is 0. The summed E-state index contributed by atoms with van der Waals surface area (Å²) in [6.07, 6.45) is -1.54. The molecule has 1 fully saturated rings. The second-order valence-electron chi connectivity index (χ2n) is 4.99. The SMILES string of the molecule is C[C@H]1CO[C@H](CCc2ccccc2)C(F)(F)C1(F)F. The van der Waals surface area contributed by atoms with Gasteiger partial charge in [0.25, 0.3) is 0 Å². The van der Waals surface area contributed by atoms with Crippen LogP contribution in [0.5, 0.6) is 0 Å². The van der Waals surface area contributed by atoms with Gasteiger partial charge in [0.1, 0.15) is 6.10 Å². The molecule has 2 rings (SSSR count). The van der Waals surface area contributed by atoms with E-state index < -0.39 is 23.9 Å². The summed E-state index contributed by atoms with van der Waals surface area (Å²) in [5.41, 5.74) is 0.837. The molecule has 0 unspecified atom stereocenters. The summed E-state index contributed by atoms with van der Waals surface area (Å²) in [6, 6.07) is 8.94. The first-order valence-corrected chi connectivity index (χ1v) is 6.27. The van der Waals surface area contributed by atoms with Gasteiger partial charge in [-0.05, 0) is 18.4 Å². The minimum atomic E-state index is -4.11. The van der Waals surface area contributed by atoms with E-state index in [9.17, 15) is 17.6 Å². The molecule has 19 heavy (non-hydrogen) atoms. The highest BCUT2D eigenvalue weighted by Crippen LogP contribution is 2.47. The zero-order valence-corrected chi connectivity index (χ0v) is 10.6. The third-order valence-corrected chi connectivity index (χ3v) is 3.55. The lowest BCUT2D eigenvalue weighted by Crippen LogP contribution is -2.59. The zero-order chi connectivity index (χ0) is 14.1. The predicted octanol–water partition coefficient (Wildman–Crippen LogP) is 3.92. The van der Waals surface area contributed by atoms with Gasteiger partial charge in [-0.2, -0.15) is 17.6 Å². The lowest BCUT2D eigenvalue weighted by atomic mass is 9.89. The summed E-state index contributed by atoms with van der Waals surface area (Å²) in [5, 5.41) is 0. The maximum absolute atomic E-state index is 13.7. The monoisotopic (exact) mass is 276 g/mol. The molecular formula is C14H16F4O. The minimum Gasteiger partial charge on any atom is -0.371 e. The summed E-state index contributed by atoms with van der Waals surface area (Å²) in [6.45, 7) is 0.753. The Kier molecular flexibility index (Phi) is 3.85. The van der Waals surface area contributed by atoms with Gasteiger partial charge in [-0.25, -0.2) is 0 Å². The van der Waals surface area contributed by atoms with E-state index in [0.29, 0.717) is 6.42 Å². The standard InChI is InChI=1S/C14H16F4O/c1-10-9-19-12(14(17,18)13(10,15)16)8-7-11-5-3-2-4-6-11/h2-6,10,12H,7-9H2,1H3/t10-,12+/m0/s1. The van der Waals surface area contributed by atoms with Crippen molar-refractivity contribution >= 4 is 0 Å². The molecule has 0 bridgehead atoms. The van der Waals surface area contributed by atoms with Crippen LogP contribution in [-0.4, -0.2) is 24.6 Å². The van der Waals surface area contributed by atoms with Gasteiger partial charge in [-0.1, -0.05) is 37.3 Å². The van der Waals surface area contributed by atoms with Crippen molar-refractivity contribution in [2.45, 2.75) is 37.7 Å². The Bertz CT molecular complexity index is 419. The van der Waals surface area contributed by atoms with Crippen molar-refractivity contribution in [3.8, 4) is 0 Å². The van der Waals surface area contributed by atoms with Crippen LogP contribution in [0.4, 0.5) is 17.6 Å². The van der Waals surface area contributed by atoms with Crippen LogP contribution < -0.4 is 0 Å². The Hall–Kier alpha value is -1.10. The second-order valence-corrected chi connectivity index (χ2v) is 4.99. The molecule has 0 radical (unpaired) electrons. The Morgan fingerprint density at radius 3 is 2.37 bits per heavy atom. The number of ether oxygens (including phenoxy) is 1. The van der Waals surface area contributed by atoms with Crippen LogP contribution in [0.1, 0.15) is 18.9 Å². The second kappa shape index (κ2) is 5.12. The van der Waals surface area contributed by atoms with E-state index >= 15 is 0 Å². The van der Waals surface area contributed by atoms with Gasteiger partial charge in [-0.3, -0.25) is 0 Å². The van der Waals surface area contributed by atoms with E-state index in [2.05, 4.69) is 0 Å². The molecule has 0 N–H and O–H groups in total. The fourth-order valence-electron chi connectivity index (χ4n) is 2.22. The summed E-state index contributed by atoms with van der Waals surface area (Å²) in [4.78, 5) is 0. The van der Waals surface area contributed by atoms with E-state index in [4.69, 9.17) is 4.74 Å². The molecule has 106 valence electrons. The van der Waals surface area contributed by atoms with Crippen molar-refractivity contribution in [2.75, 3.05) is 6.61 Å². The van der Waals surface area contributed by atoms with Gasteiger partial charge in [-0.15, -0.1) is 0 Å². The molecule has 1 aromatic rings. The summed E-state index contributed by atoms with van der Waals surface area (Å²) in [5.74, 6) is -9.58. The number of hydrogen-bond acceptors (Lipinski definition) is 1. The number of halogens is 4. The topological polar surface area (TPSA) is 9.23 Å². The van der Waals surface area contributed by atoms with Crippen LogP contribution in [0.3, 0.4) is 0 Å². The molecule has 2 atom stereocenters. The number of benzene rings is 1. The zero-order valence-electron chi connectivity index (χ0n) is 10.6. The third kappa shape index (κ3) is 2.61. The van der Waals surface area contributed by atoms with Gasteiger partial charge >= 0.3 is 11.8 Å². The van der Waals surface area contributed by atoms with Crippen LogP contribution >= 0.6 is 0 Å². The molecule has 0 aliphatic carbocycles. The van der Waals surface area contributed by atoms with E-state index in [1.54, 1.807) is 24.3 Å². The molecule has 0 spiro atoms. The fourth-order valence-corrected chi connectivity index (χ4v) is 2.22.